The molecule has 1 aliphatic heterocycles. The minimum Gasteiger partial charge on any atom is -0.497 e. The van der Waals surface area contributed by atoms with Crippen LogP contribution >= 0.6 is 0 Å². The number of rotatable bonds is 15. The van der Waals surface area contributed by atoms with Crippen LogP contribution in [0.3, 0.4) is 0 Å². The molecule has 1 aliphatic rings. The molecule has 8 heteroatoms. The van der Waals surface area contributed by atoms with E-state index in [1.165, 1.54) is 0 Å². The van der Waals surface area contributed by atoms with Crippen LogP contribution in [0.1, 0.15) is 16.7 Å². The van der Waals surface area contributed by atoms with Crippen molar-refractivity contribution in [1.82, 2.24) is 0 Å². The Hall–Kier alpha value is -4.21. The van der Waals surface area contributed by atoms with Crippen molar-refractivity contribution in [2.45, 2.75) is 44.4 Å². The first-order valence-corrected chi connectivity index (χ1v) is 14.6. The molecule has 0 aromatic heterocycles. The fraction of sp³-hybridized carbons (Fsp3) is 0.306. The molecule has 4 aromatic carbocycles. The molecule has 5 rings (SSSR count). The summed E-state index contributed by atoms with van der Waals surface area (Å²) in [6.45, 7) is 1.06. The van der Waals surface area contributed by atoms with Gasteiger partial charge < -0.3 is 38.0 Å². The average molecular weight is 599 g/mol. The van der Waals surface area contributed by atoms with Crippen LogP contribution in [0.25, 0.3) is 0 Å². The molecule has 0 saturated carbocycles. The molecule has 0 spiro atoms. The summed E-state index contributed by atoms with van der Waals surface area (Å²) in [6, 6.07) is 34.5. The molecule has 0 aliphatic carbocycles. The predicted octanol–water partition coefficient (Wildman–Crippen LogP) is 6.01. The van der Waals surface area contributed by atoms with Crippen LogP contribution in [0, 0.1) is 5.92 Å². The summed E-state index contributed by atoms with van der Waals surface area (Å²) in [7, 11) is 3.24. The smallest absolute Gasteiger partial charge is 0.229 e. The van der Waals surface area contributed by atoms with Crippen LogP contribution < -0.4 is 14.2 Å². The standard InChI is InChI=1S/C36H38O8/c1-38-29-15-13-28(14-16-29)22-40-25-33-32(21-37)34(41-23-26-9-5-3-6-10-26)35(42-24-27-11-7-4-8-12-27)36(44-33)43-31-19-17-30(39-2)18-20-31/h3-21,32-36H,22-25H2,1-2H3/t32-,33-,34+,35-,36-/m1/s1. The molecule has 1 heterocycles. The minimum atomic E-state index is -0.890. The molecule has 0 radical (unpaired) electrons. The van der Waals surface area contributed by atoms with Gasteiger partial charge in [-0.2, -0.15) is 0 Å². The average Bonchev–Trinajstić information content (AvgIpc) is 3.08. The molecule has 44 heavy (non-hydrogen) atoms. The number of ether oxygens (including phenoxy) is 7. The molecule has 4 aromatic rings. The van der Waals surface area contributed by atoms with Crippen molar-refractivity contribution < 1.29 is 38.0 Å². The first kappa shape index (κ1) is 31.2. The Labute approximate surface area is 258 Å². The highest BCUT2D eigenvalue weighted by molar-refractivity contribution is 5.56. The molecular formula is C36H38O8. The molecule has 0 N–H and O–H groups in total. The summed E-state index contributed by atoms with van der Waals surface area (Å²) < 4.78 is 42.4. The van der Waals surface area contributed by atoms with E-state index in [1.807, 2.05) is 97.1 Å². The van der Waals surface area contributed by atoms with Crippen molar-refractivity contribution in [3.8, 4) is 17.2 Å². The lowest BCUT2D eigenvalue weighted by molar-refractivity contribution is -0.283. The lowest BCUT2D eigenvalue weighted by Gasteiger charge is -2.44. The third-order valence-corrected chi connectivity index (χ3v) is 7.46. The Balaban J connectivity index is 1.39. The maximum Gasteiger partial charge on any atom is 0.229 e. The second-order valence-electron chi connectivity index (χ2n) is 10.4. The lowest BCUT2D eigenvalue weighted by atomic mass is 9.89. The Morgan fingerprint density at radius 2 is 1.11 bits per heavy atom. The van der Waals surface area contributed by atoms with Crippen LogP contribution in [0.15, 0.2) is 109 Å². The number of methoxy groups -OCH3 is 2. The number of aldehydes is 1. The number of hydrogen-bond donors (Lipinski definition) is 0. The minimum absolute atomic E-state index is 0.147. The van der Waals surface area contributed by atoms with Gasteiger partial charge in [0.25, 0.3) is 0 Å². The van der Waals surface area contributed by atoms with Crippen molar-refractivity contribution >= 4 is 6.29 Å². The monoisotopic (exact) mass is 598 g/mol. The summed E-state index contributed by atoms with van der Waals surface area (Å²) in [6.07, 6.45) is -2.07. The van der Waals surface area contributed by atoms with E-state index in [1.54, 1.807) is 26.4 Å². The van der Waals surface area contributed by atoms with Crippen molar-refractivity contribution in [2.24, 2.45) is 5.92 Å². The van der Waals surface area contributed by atoms with Gasteiger partial charge in [0.05, 0.1) is 52.7 Å². The molecule has 1 saturated heterocycles. The van der Waals surface area contributed by atoms with Gasteiger partial charge in [0.15, 0.2) is 0 Å². The van der Waals surface area contributed by atoms with E-state index in [9.17, 15) is 4.79 Å². The van der Waals surface area contributed by atoms with E-state index in [0.29, 0.717) is 18.1 Å². The highest BCUT2D eigenvalue weighted by Gasteiger charge is 2.49. The van der Waals surface area contributed by atoms with E-state index in [0.717, 1.165) is 28.7 Å². The van der Waals surface area contributed by atoms with E-state index < -0.39 is 30.5 Å². The molecule has 5 atom stereocenters. The lowest BCUT2D eigenvalue weighted by Crippen LogP contribution is -2.59. The SMILES string of the molecule is COc1ccc(COC[C@H]2O[C@@H](Oc3ccc(OC)cc3)[C@H](OCc3ccccc3)[C@@H](OCc3ccccc3)[C@@H]2C=O)cc1. The Morgan fingerprint density at radius 3 is 1.66 bits per heavy atom. The maximum absolute atomic E-state index is 12.7. The van der Waals surface area contributed by atoms with Gasteiger partial charge in [-0.25, -0.2) is 0 Å². The number of carbonyl (C=O) groups excluding carboxylic acids is 1. The Kier molecular flexibility index (Phi) is 11.4. The van der Waals surface area contributed by atoms with Crippen LogP contribution in [0.5, 0.6) is 17.2 Å². The number of carbonyl (C=O) groups is 1. The van der Waals surface area contributed by atoms with Gasteiger partial charge in [-0.3, -0.25) is 0 Å². The van der Waals surface area contributed by atoms with Crippen molar-refractivity contribution in [3.63, 3.8) is 0 Å². The number of benzene rings is 4. The third-order valence-electron chi connectivity index (χ3n) is 7.46. The molecule has 8 nitrogen and oxygen atoms in total. The van der Waals surface area contributed by atoms with Crippen LogP contribution in [0.4, 0.5) is 0 Å². The van der Waals surface area contributed by atoms with E-state index in [2.05, 4.69) is 0 Å². The van der Waals surface area contributed by atoms with Gasteiger partial charge in [-0.1, -0.05) is 72.8 Å². The van der Waals surface area contributed by atoms with Crippen LogP contribution in [0.2, 0.25) is 0 Å². The zero-order chi connectivity index (χ0) is 30.6. The summed E-state index contributed by atoms with van der Waals surface area (Å²) >= 11 is 0. The third kappa shape index (κ3) is 8.45. The van der Waals surface area contributed by atoms with Gasteiger partial charge in [0.1, 0.15) is 35.7 Å². The summed E-state index contributed by atoms with van der Waals surface area (Å²) in [5.74, 6) is 1.36. The largest absolute Gasteiger partial charge is 0.497 e. The molecule has 1 fully saturated rings. The number of hydrogen-bond acceptors (Lipinski definition) is 8. The second-order valence-corrected chi connectivity index (χ2v) is 10.4. The van der Waals surface area contributed by atoms with Crippen molar-refractivity contribution in [2.75, 3.05) is 20.8 Å². The second kappa shape index (κ2) is 16.0. The molecule has 0 unspecified atom stereocenters. The summed E-state index contributed by atoms with van der Waals surface area (Å²) in [5.41, 5.74) is 2.92. The van der Waals surface area contributed by atoms with Gasteiger partial charge in [0, 0.05) is 0 Å². The van der Waals surface area contributed by atoms with Gasteiger partial charge in [0.2, 0.25) is 6.29 Å². The van der Waals surface area contributed by atoms with Crippen LogP contribution in [-0.4, -0.2) is 51.7 Å². The van der Waals surface area contributed by atoms with E-state index in [-0.39, 0.29) is 19.8 Å². The topological polar surface area (TPSA) is 81.7 Å². The van der Waals surface area contributed by atoms with E-state index >= 15 is 0 Å². The van der Waals surface area contributed by atoms with Crippen LogP contribution in [-0.2, 0) is 43.6 Å². The van der Waals surface area contributed by atoms with Crippen molar-refractivity contribution in [1.29, 1.82) is 0 Å². The van der Waals surface area contributed by atoms with E-state index in [4.69, 9.17) is 33.2 Å². The zero-order valence-corrected chi connectivity index (χ0v) is 25.0. The Bertz CT molecular complexity index is 1400. The fourth-order valence-corrected chi connectivity index (χ4v) is 5.05. The first-order chi connectivity index (χ1) is 21.7. The highest BCUT2D eigenvalue weighted by atomic mass is 16.7. The molecular weight excluding hydrogens is 560 g/mol. The predicted molar refractivity (Wildman–Crippen MR) is 165 cm³/mol. The zero-order valence-electron chi connectivity index (χ0n) is 25.0. The highest BCUT2D eigenvalue weighted by Crippen LogP contribution is 2.33. The summed E-state index contributed by atoms with van der Waals surface area (Å²) in [4.78, 5) is 12.7. The van der Waals surface area contributed by atoms with Gasteiger partial charge in [-0.15, -0.1) is 0 Å². The molecule has 230 valence electrons. The van der Waals surface area contributed by atoms with Crippen molar-refractivity contribution in [3.05, 3.63) is 126 Å². The quantitative estimate of drug-likeness (QED) is 0.154. The normalized spacial score (nSPS) is 21.4. The first-order valence-electron chi connectivity index (χ1n) is 14.6. The maximum atomic E-state index is 12.7. The molecule has 0 bridgehead atoms. The summed E-state index contributed by atoms with van der Waals surface area (Å²) in [5, 5.41) is 0. The molecule has 0 amide bonds. The van der Waals surface area contributed by atoms with Gasteiger partial charge in [-0.05, 0) is 53.1 Å². The Morgan fingerprint density at radius 1 is 0.614 bits per heavy atom. The fourth-order valence-electron chi connectivity index (χ4n) is 5.05. The van der Waals surface area contributed by atoms with Gasteiger partial charge >= 0.3 is 0 Å².